The van der Waals surface area contributed by atoms with Crippen molar-refractivity contribution in [3.05, 3.63) is 35.6 Å². The van der Waals surface area contributed by atoms with Gasteiger partial charge < -0.3 is 19.1 Å². The zero-order valence-corrected chi connectivity index (χ0v) is 17.5. The van der Waals surface area contributed by atoms with E-state index in [4.69, 9.17) is 4.42 Å². The third-order valence-electron chi connectivity index (χ3n) is 6.29. The van der Waals surface area contributed by atoms with Crippen molar-refractivity contribution in [2.45, 2.75) is 45.6 Å². The summed E-state index contributed by atoms with van der Waals surface area (Å²) < 4.78 is 5.98. The first-order valence-electron chi connectivity index (χ1n) is 10.9. The summed E-state index contributed by atoms with van der Waals surface area (Å²) in [6.45, 7) is 5.60. The number of para-hydroxylation sites is 1. The number of amides is 3. The van der Waals surface area contributed by atoms with Gasteiger partial charge in [-0.1, -0.05) is 25.1 Å². The number of hydrogen-bond acceptors (Lipinski definition) is 3. The van der Waals surface area contributed by atoms with Crippen LogP contribution in [0.4, 0.5) is 4.79 Å². The van der Waals surface area contributed by atoms with Gasteiger partial charge in [0.1, 0.15) is 11.3 Å². The SMILES string of the molecule is CCc1oc2ccccc2c1CN(C)C(=O)C1CCCN(C(=O)N2CCCC2)C1. The molecule has 1 aromatic heterocycles. The lowest BCUT2D eigenvalue weighted by molar-refractivity contribution is -0.136. The third kappa shape index (κ3) is 3.98. The van der Waals surface area contributed by atoms with Crippen molar-refractivity contribution >= 4 is 22.9 Å². The number of carbonyl (C=O) groups excluding carboxylic acids is 2. The summed E-state index contributed by atoms with van der Waals surface area (Å²) >= 11 is 0. The molecule has 2 aromatic rings. The molecule has 156 valence electrons. The summed E-state index contributed by atoms with van der Waals surface area (Å²) in [5, 5.41) is 1.08. The van der Waals surface area contributed by atoms with Crippen LogP contribution in [0.3, 0.4) is 0 Å². The minimum absolute atomic E-state index is 0.108. The number of hydrogen-bond donors (Lipinski definition) is 0. The Morgan fingerprint density at radius 3 is 2.59 bits per heavy atom. The molecule has 1 atom stereocenters. The van der Waals surface area contributed by atoms with E-state index in [-0.39, 0.29) is 17.9 Å². The first kappa shape index (κ1) is 19.8. The normalized spacial score (nSPS) is 19.7. The zero-order chi connectivity index (χ0) is 20.4. The average molecular weight is 398 g/mol. The Kier molecular flexibility index (Phi) is 5.79. The van der Waals surface area contributed by atoms with Crippen LogP contribution in [-0.4, -0.2) is 59.9 Å². The van der Waals surface area contributed by atoms with Gasteiger partial charge in [-0.05, 0) is 31.7 Å². The van der Waals surface area contributed by atoms with Gasteiger partial charge in [0.05, 0.1) is 5.92 Å². The molecule has 29 heavy (non-hydrogen) atoms. The molecule has 0 spiro atoms. The van der Waals surface area contributed by atoms with E-state index < -0.39 is 0 Å². The number of aryl methyl sites for hydroxylation is 1. The van der Waals surface area contributed by atoms with Crippen molar-refractivity contribution in [3.8, 4) is 0 Å². The number of carbonyl (C=O) groups is 2. The highest BCUT2D eigenvalue weighted by Gasteiger charge is 2.33. The van der Waals surface area contributed by atoms with Gasteiger partial charge in [0.25, 0.3) is 0 Å². The number of urea groups is 1. The monoisotopic (exact) mass is 397 g/mol. The largest absolute Gasteiger partial charge is 0.461 e. The Labute approximate surface area is 172 Å². The fraction of sp³-hybridized carbons (Fsp3) is 0.565. The second kappa shape index (κ2) is 8.47. The second-order valence-electron chi connectivity index (χ2n) is 8.31. The molecule has 0 N–H and O–H groups in total. The molecule has 1 aromatic carbocycles. The number of likely N-dealkylation sites (tertiary alicyclic amines) is 2. The van der Waals surface area contributed by atoms with E-state index in [2.05, 4.69) is 13.0 Å². The van der Waals surface area contributed by atoms with Crippen LogP contribution in [0.15, 0.2) is 28.7 Å². The van der Waals surface area contributed by atoms with Gasteiger partial charge in [0.2, 0.25) is 5.91 Å². The van der Waals surface area contributed by atoms with Crippen molar-refractivity contribution < 1.29 is 14.0 Å². The fourth-order valence-corrected chi connectivity index (χ4v) is 4.70. The average Bonchev–Trinajstić information content (AvgIpc) is 3.41. The third-order valence-corrected chi connectivity index (χ3v) is 6.29. The summed E-state index contributed by atoms with van der Waals surface area (Å²) in [6, 6.07) is 8.12. The zero-order valence-electron chi connectivity index (χ0n) is 17.5. The molecule has 3 heterocycles. The Balaban J connectivity index is 1.44. The van der Waals surface area contributed by atoms with Crippen LogP contribution in [0.2, 0.25) is 0 Å². The second-order valence-corrected chi connectivity index (χ2v) is 8.31. The maximum Gasteiger partial charge on any atom is 0.320 e. The van der Waals surface area contributed by atoms with Crippen LogP contribution in [0, 0.1) is 5.92 Å². The topological polar surface area (TPSA) is 57.0 Å². The van der Waals surface area contributed by atoms with Crippen LogP contribution >= 0.6 is 0 Å². The molecule has 6 heteroatoms. The number of piperidine rings is 1. The first-order chi connectivity index (χ1) is 14.1. The quantitative estimate of drug-likeness (QED) is 0.787. The van der Waals surface area contributed by atoms with Crippen LogP contribution < -0.4 is 0 Å². The predicted octanol–water partition coefficient (Wildman–Crippen LogP) is 3.88. The molecule has 2 fully saturated rings. The van der Waals surface area contributed by atoms with Crippen LogP contribution in [0.1, 0.15) is 43.9 Å². The summed E-state index contributed by atoms with van der Waals surface area (Å²) in [6.07, 6.45) is 4.71. The molecule has 2 saturated heterocycles. The van der Waals surface area contributed by atoms with E-state index in [0.717, 1.165) is 74.0 Å². The van der Waals surface area contributed by atoms with Gasteiger partial charge in [-0.3, -0.25) is 4.79 Å². The Morgan fingerprint density at radius 2 is 1.83 bits per heavy atom. The van der Waals surface area contributed by atoms with Crippen molar-refractivity contribution in [2.75, 3.05) is 33.2 Å². The molecule has 3 amide bonds. The number of rotatable bonds is 4. The minimum atomic E-state index is -0.122. The van der Waals surface area contributed by atoms with Crippen LogP contribution in [-0.2, 0) is 17.8 Å². The van der Waals surface area contributed by atoms with Crippen LogP contribution in [0.5, 0.6) is 0 Å². The highest BCUT2D eigenvalue weighted by atomic mass is 16.3. The van der Waals surface area contributed by atoms with Gasteiger partial charge >= 0.3 is 6.03 Å². The smallest absolute Gasteiger partial charge is 0.320 e. The van der Waals surface area contributed by atoms with Gasteiger partial charge in [0.15, 0.2) is 0 Å². The number of nitrogens with zero attached hydrogens (tertiary/aromatic N) is 3. The number of furan rings is 1. The lowest BCUT2D eigenvalue weighted by Crippen LogP contribution is -2.49. The van der Waals surface area contributed by atoms with Crippen molar-refractivity contribution in [2.24, 2.45) is 5.92 Å². The molecule has 2 aliphatic rings. The summed E-state index contributed by atoms with van der Waals surface area (Å²) in [4.78, 5) is 31.6. The first-order valence-corrected chi connectivity index (χ1v) is 10.9. The lowest BCUT2D eigenvalue weighted by Gasteiger charge is -2.36. The van der Waals surface area contributed by atoms with E-state index in [1.165, 1.54) is 0 Å². The lowest BCUT2D eigenvalue weighted by atomic mass is 9.96. The van der Waals surface area contributed by atoms with E-state index in [1.807, 2.05) is 39.9 Å². The Morgan fingerprint density at radius 1 is 1.10 bits per heavy atom. The molecule has 2 aliphatic heterocycles. The fourth-order valence-electron chi connectivity index (χ4n) is 4.70. The van der Waals surface area contributed by atoms with Gasteiger partial charge in [0, 0.05) is 57.1 Å². The molecule has 0 saturated carbocycles. The number of benzene rings is 1. The van der Waals surface area contributed by atoms with Crippen molar-refractivity contribution in [3.63, 3.8) is 0 Å². The summed E-state index contributed by atoms with van der Waals surface area (Å²) in [5.41, 5.74) is 1.97. The molecular formula is C23H31N3O3. The molecule has 6 nitrogen and oxygen atoms in total. The van der Waals surface area contributed by atoms with Crippen molar-refractivity contribution in [1.82, 2.24) is 14.7 Å². The van der Waals surface area contributed by atoms with E-state index in [0.29, 0.717) is 13.1 Å². The highest BCUT2D eigenvalue weighted by molar-refractivity contribution is 5.84. The summed E-state index contributed by atoms with van der Waals surface area (Å²) in [7, 11) is 1.87. The predicted molar refractivity (Wildman–Crippen MR) is 113 cm³/mol. The maximum absolute atomic E-state index is 13.2. The summed E-state index contributed by atoms with van der Waals surface area (Å²) in [5.74, 6) is 0.945. The van der Waals surface area contributed by atoms with E-state index >= 15 is 0 Å². The molecule has 4 rings (SSSR count). The van der Waals surface area contributed by atoms with Gasteiger partial charge in [-0.15, -0.1) is 0 Å². The van der Waals surface area contributed by atoms with Crippen LogP contribution in [0.25, 0.3) is 11.0 Å². The molecule has 1 unspecified atom stereocenters. The van der Waals surface area contributed by atoms with Gasteiger partial charge in [-0.2, -0.15) is 0 Å². The van der Waals surface area contributed by atoms with E-state index in [1.54, 1.807) is 0 Å². The van der Waals surface area contributed by atoms with Crippen molar-refractivity contribution in [1.29, 1.82) is 0 Å². The Bertz CT molecular complexity index is 885. The van der Waals surface area contributed by atoms with Gasteiger partial charge in [-0.25, -0.2) is 4.79 Å². The standard InChI is InChI=1S/C23H31N3O3/c1-3-20-19(18-10-4-5-11-21(18)29-20)16-24(2)22(27)17-9-8-14-26(15-17)23(28)25-12-6-7-13-25/h4-5,10-11,17H,3,6-9,12-16H2,1-2H3. The minimum Gasteiger partial charge on any atom is -0.461 e. The Hall–Kier alpha value is -2.50. The molecular weight excluding hydrogens is 366 g/mol. The van der Waals surface area contributed by atoms with E-state index in [9.17, 15) is 9.59 Å². The highest BCUT2D eigenvalue weighted by Crippen LogP contribution is 2.28. The number of fused-ring (bicyclic) bond motifs is 1. The molecule has 0 aliphatic carbocycles. The maximum atomic E-state index is 13.2. The molecule has 0 bridgehead atoms. The molecule has 0 radical (unpaired) electrons.